The summed E-state index contributed by atoms with van der Waals surface area (Å²) in [5, 5.41) is 0. The number of rotatable bonds is 51. The van der Waals surface area contributed by atoms with Gasteiger partial charge in [-0.05, 0) is 19.3 Å². The Kier molecular flexibility index (Phi) is 49.7. The van der Waals surface area contributed by atoms with Gasteiger partial charge in [0.15, 0.2) is 6.10 Å². The smallest absolute Gasteiger partial charge is 0.306 e. The lowest BCUT2D eigenvalue weighted by molar-refractivity contribution is -0.167. The summed E-state index contributed by atoms with van der Waals surface area (Å²) < 4.78 is 16.8. The van der Waals surface area contributed by atoms with Gasteiger partial charge in [0.2, 0.25) is 0 Å². The Morgan fingerprint density at radius 1 is 0.262 bits per heavy atom. The summed E-state index contributed by atoms with van der Waals surface area (Å²) in [6.07, 6.45) is 55.1. The summed E-state index contributed by atoms with van der Waals surface area (Å²) >= 11 is 0. The van der Waals surface area contributed by atoms with Crippen molar-refractivity contribution in [3.05, 3.63) is 0 Å². The van der Waals surface area contributed by atoms with Crippen LogP contribution in [0.5, 0.6) is 0 Å². The lowest BCUT2D eigenvalue weighted by Crippen LogP contribution is -2.30. The van der Waals surface area contributed by atoms with E-state index in [0.29, 0.717) is 19.3 Å². The predicted molar refractivity (Wildman–Crippen MR) is 261 cm³/mol. The first-order valence-corrected chi connectivity index (χ1v) is 27.5. The third-order valence-corrected chi connectivity index (χ3v) is 12.6. The number of ether oxygens (including phenoxy) is 3. The SMILES string of the molecule is CCCCCCCCCCCCCCCCCCCCC(=O)OC[C@H](COC(=O)CCCCCCCCCCCCCC)OC(=O)CCCCCCCCCCCCCCC. The van der Waals surface area contributed by atoms with E-state index >= 15 is 0 Å². The molecule has 0 aromatic carbocycles. The third kappa shape index (κ3) is 49.3. The molecule has 362 valence electrons. The van der Waals surface area contributed by atoms with Gasteiger partial charge < -0.3 is 14.2 Å². The highest BCUT2D eigenvalue weighted by Gasteiger charge is 2.19. The van der Waals surface area contributed by atoms with Crippen LogP contribution in [-0.4, -0.2) is 37.2 Å². The lowest BCUT2D eigenvalue weighted by atomic mass is 10.0. The maximum Gasteiger partial charge on any atom is 0.306 e. The van der Waals surface area contributed by atoms with Crippen molar-refractivity contribution in [1.29, 1.82) is 0 Å². The number of hydrogen-bond donors (Lipinski definition) is 0. The van der Waals surface area contributed by atoms with Crippen LogP contribution in [0.1, 0.15) is 316 Å². The first-order chi connectivity index (χ1) is 30.0. The fraction of sp³-hybridized carbons (Fsp3) is 0.945. The second-order valence-electron chi connectivity index (χ2n) is 18.9. The van der Waals surface area contributed by atoms with Gasteiger partial charge in [-0.3, -0.25) is 14.4 Å². The third-order valence-electron chi connectivity index (χ3n) is 12.6. The van der Waals surface area contributed by atoms with Gasteiger partial charge in [-0.1, -0.05) is 278 Å². The van der Waals surface area contributed by atoms with Gasteiger partial charge in [0, 0.05) is 19.3 Å². The first-order valence-electron chi connectivity index (χ1n) is 27.5. The number of hydrogen-bond acceptors (Lipinski definition) is 6. The lowest BCUT2D eigenvalue weighted by Gasteiger charge is -2.18. The minimum atomic E-state index is -0.760. The Morgan fingerprint density at radius 2 is 0.443 bits per heavy atom. The fourth-order valence-corrected chi connectivity index (χ4v) is 8.45. The van der Waals surface area contributed by atoms with Crippen molar-refractivity contribution in [2.75, 3.05) is 13.2 Å². The monoisotopic (exact) mass is 863 g/mol. The fourth-order valence-electron chi connectivity index (χ4n) is 8.45. The molecule has 0 aliphatic rings. The Morgan fingerprint density at radius 3 is 0.656 bits per heavy atom. The quantitative estimate of drug-likeness (QED) is 0.0344. The zero-order valence-electron chi connectivity index (χ0n) is 41.5. The molecule has 0 rings (SSSR count). The Bertz CT molecular complexity index is 905. The van der Waals surface area contributed by atoms with Crippen LogP contribution in [0.25, 0.3) is 0 Å². The summed E-state index contributed by atoms with van der Waals surface area (Å²) in [7, 11) is 0. The molecule has 0 bridgehead atoms. The average molecular weight is 863 g/mol. The predicted octanol–water partition coefficient (Wildman–Crippen LogP) is 18.0. The van der Waals surface area contributed by atoms with Crippen molar-refractivity contribution in [3.63, 3.8) is 0 Å². The van der Waals surface area contributed by atoms with Crippen LogP contribution in [0.3, 0.4) is 0 Å². The molecule has 0 unspecified atom stereocenters. The molecule has 0 saturated carbocycles. The van der Waals surface area contributed by atoms with Crippen LogP contribution in [0, 0.1) is 0 Å². The summed E-state index contributed by atoms with van der Waals surface area (Å²) in [6.45, 7) is 6.69. The van der Waals surface area contributed by atoms with E-state index in [0.717, 1.165) is 57.8 Å². The normalized spacial score (nSPS) is 11.9. The molecule has 6 heteroatoms. The second kappa shape index (κ2) is 51.0. The van der Waals surface area contributed by atoms with Crippen molar-refractivity contribution in [3.8, 4) is 0 Å². The van der Waals surface area contributed by atoms with Crippen molar-refractivity contribution in [2.45, 2.75) is 322 Å². The zero-order valence-corrected chi connectivity index (χ0v) is 41.5. The minimum Gasteiger partial charge on any atom is -0.462 e. The molecule has 6 nitrogen and oxygen atoms in total. The second-order valence-corrected chi connectivity index (χ2v) is 18.9. The summed E-state index contributed by atoms with van der Waals surface area (Å²) in [4.78, 5) is 38.0. The molecule has 1 atom stereocenters. The van der Waals surface area contributed by atoms with E-state index in [9.17, 15) is 14.4 Å². The number of esters is 3. The molecule has 0 heterocycles. The summed E-state index contributed by atoms with van der Waals surface area (Å²) in [5.74, 6) is -0.837. The van der Waals surface area contributed by atoms with E-state index in [-0.39, 0.29) is 31.1 Å². The molecule has 61 heavy (non-hydrogen) atoms. The van der Waals surface area contributed by atoms with Crippen LogP contribution in [0.2, 0.25) is 0 Å². The molecule has 0 aliphatic carbocycles. The molecular formula is C55H106O6. The highest BCUT2D eigenvalue weighted by molar-refractivity contribution is 5.71. The molecule has 0 saturated heterocycles. The maximum absolute atomic E-state index is 12.8. The molecule has 0 aromatic rings. The molecule has 0 aliphatic heterocycles. The van der Waals surface area contributed by atoms with E-state index in [4.69, 9.17) is 14.2 Å². The van der Waals surface area contributed by atoms with Gasteiger partial charge in [-0.25, -0.2) is 0 Å². The van der Waals surface area contributed by atoms with Crippen molar-refractivity contribution in [2.24, 2.45) is 0 Å². The molecule has 0 aromatic heterocycles. The minimum absolute atomic E-state index is 0.0614. The molecule has 0 amide bonds. The van der Waals surface area contributed by atoms with E-state index in [1.54, 1.807) is 0 Å². The Labute approximate surface area is 380 Å². The van der Waals surface area contributed by atoms with E-state index < -0.39 is 6.10 Å². The van der Waals surface area contributed by atoms with Crippen LogP contribution < -0.4 is 0 Å². The summed E-state index contributed by atoms with van der Waals surface area (Å²) in [5.41, 5.74) is 0. The number of unbranched alkanes of at least 4 members (excludes halogenated alkanes) is 40. The van der Waals surface area contributed by atoms with Gasteiger partial charge in [-0.15, -0.1) is 0 Å². The van der Waals surface area contributed by atoms with Crippen LogP contribution in [0.15, 0.2) is 0 Å². The molecule has 0 fully saturated rings. The van der Waals surface area contributed by atoms with Crippen LogP contribution >= 0.6 is 0 Å². The van der Waals surface area contributed by atoms with Gasteiger partial charge in [0.1, 0.15) is 13.2 Å². The molecule has 0 radical (unpaired) electrons. The molecule has 0 N–H and O–H groups in total. The van der Waals surface area contributed by atoms with E-state index in [1.807, 2.05) is 0 Å². The van der Waals surface area contributed by atoms with Crippen molar-refractivity contribution < 1.29 is 28.6 Å². The average Bonchev–Trinajstić information content (AvgIpc) is 3.26. The first kappa shape index (κ1) is 59.4. The summed E-state index contributed by atoms with van der Waals surface area (Å²) in [6, 6.07) is 0. The zero-order chi connectivity index (χ0) is 44.4. The van der Waals surface area contributed by atoms with E-state index in [1.165, 1.54) is 218 Å². The molecular weight excluding hydrogens is 757 g/mol. The van der Waals surface area contributed by atoms with Crippen molar-refractivity contribution in [1.82, 2.24) is 0 Å². The van der Waals surface area contributed by atoms with Gasteiger partial charge in [-0.2, -0.15) is 0 Å². The van der Waals surface area contributed by atoms with Crippen LogP contribution in [-0.2, 0) is 28.6 Å². The van der Waals surface area contributed by atoms with Gasteiger partial charge in [0.25, 0.3) is 0 Å². The topological polar surface area (TPSA) is 78.9 Å². The van der Waals surface area contributed by atoms with Crippen LogP contribution in [0.4, 0.5) is 0 Å². The van der Waals surface area contributed by atoms with Crippen molar-refractivity contribution >= 4 is 17.9 Å². The number of carbonyl (C=O) groups excluding carboxylic acids is 3. The highest BCUT2D eigenvalue weighted by Crippen LogP contribution is 2.17. The largest absolute Gasteiger partial charge is 0.462 e. The van der Waals surface area contributed by atoms with Gasteiger partial charge >= 0.3 is 17.9 Å². The van der Waals surface area contributed by atoms with Gasteiger partial charge in [0.05, 0.1) is 0 Å². The Balaban J connectivity index is 4.26. The van der Waals surface area contributed by atoms with E-state index in [2.05, 4.69) is 20.8 Å². The highest BCUT2D eigenvalue weighted by atomic mass is 16.6. The maximum atomic E-state index is 12.8. The standard InChI is InChI=1S/C55H106O6/c1-4-7-10-13-16-19-22-25-26-27-28-29-31-33-36-39-42-45-48-54(57)60-51-52(50-59-53(56)47-44-41-38-35-32-24-21-18-15-12-9-6-3)61-55(58)49-46-43-40-37-34-30-23-20-17-14-11-8-5-2/h52H,4-51H2,1-3H3/t52-/m0/s1. The number of carbonyl (C=O) groups is 3. The molecule has 0 spiro atoms. The Hall–Kier alpha value is -1.59.